The Bertz CT molecular complexity index is 541. The Morgan fingerprint density at radius 1 is 1.15 bits per heavy atom. The normalized spacial score (nSPS) is 11.4. The Balaban J connectivity index is 1.76. The van der Waals surface area contributed by atoms with Gasteiger partial charge in [-0.05, 0) is 52.4 Å². The summed E-state index contributed by atoms with van der Waals surface area (Å²) in [5, 5.41) is 3.34. The number of fused-ring (bicyclic) bond motifs is 1. The summed E-state index contributed by atoms with van der Waals surface area (Å²) in [5.74, 6) is 0.871. The van der Waals surface area contributed by atoms with Crippen LogP contribution in [0, 0.1) is 0 Å². The average Bonchev–Trinajstić information content (AvgIpc) is 2.46. The predicted octanol–water partition coefficient (Wildman–Crippen LogP) is 2.56. The third-order valence-electron chi connectivity index (χ3n) is 3.46. The van der Waals surface area contributed by atoms with Gasteiger partial charge in [0.05, 0.1) is 0 Å². The van der Waals surface area contributed by atoms with Crippen LogP contribution >= 0.6 is 0 Å². The quantitative estimate of drug-likeness (QED) is 0.786. The monoisotopic (exact) mass is 273 g/mol. The van der Waals surface area contributed by atoms with Gasteiger partial charge in [-0.1, -0.05) is 0 Å². The maximum Gasteiger partial charge on any atom is 0.180 e. The standard InChI is InChI=1S/C15H23N5/c1-12(2)20(3)11-5-4-8-17-14-7-6-13-15(19-14)18-10-9-16-13/h6-7,9-10,12H,4-5,8,11H2,1-3H3,(H,17,18,19). The van der Waals surface area contributed by atoms with Crippen LogP contribution in [0.3, 0.4) is 0 Å². The zero-order chi connectivity index (χ0) is 14.4. The molecule has 0 saturated carbocycles. The van der Waals surface area contributed by atoms with Crippen molar-refractivity contribution in [3.8, 4) is 0 Å². The summed E-state index contributed by atoms with van der Waals surface area (Å²) in [6.45, 7) is 6.51. The van der Waals surface area contributed by atoms with E-state index in [1.807, 2.05) is 12.1 Å². The molecule has 0 aliphatic heterocycles. The number of nitrogens with zero attached hydrogens (tertiary/aromatic N) is 4. The number of pyridine rings is 1. The molecule has 1 N–H and O–H groups in total. The van der Waals surface area contributed by atoms with Crippen molar-refractivity contribution in [3.05, 3.63) is 24.5 Å². The van der Waals surface area contributed by atoms with Gasteiger partial charge in [-0.3, -0.25) is 4.98 Å². The lowest BCUT2D eigenvalue weighted by molar-refractivity contribution is 0.269. The molecule has 2 heterocycles. The van der Waals surface area contributed by atoms with Crippen LogP contribution in [0.1, 0.15) is 26.7 Å². The van der Waals surface area contributed by atoms with Crippen LogP contribution in [0.5, 0.6) is 0 Å². The molecule has 5 nitrogen and oxygen atoms in total. The lowest BCUT2D eigenvalue weighted by Crippen LogP contribution is -2.27. The van der Waals surface area contributed by atoms with E-state index in [1.54, 1.807) is 12.4 Å². The Morgan fingerprint density at radius 3 is 2.75 bits per heavy atom. The molecular weight excluding hydrogens is 250 g/mol. The van der Waals surface area contributed by atoms with Crippen LogP contribution in [0.25, 0.3) is 11.2 Å². The van der Waals surface area contributed by atoms with Gasteiger partial charge < -0.3 is 10.2 Å². The van der Waals surface area contributed by atoms with Gasteiger partial charge in [-0.2, -0.15) is 0 Å². The van der Waals surface area contributed by atoms with E-state index in [1.165, 1.54) is 6.42 Å². The lowest BCUT2D eigenvalue weighted by atomic mass is 10.2. The molecule has 2 aromatic heterocycles. The van der Waals surface area contributed by atoms with E-state index < -0.39 is 0 Å². The molecule has 0 atom stereocenters. The van der Waals surface area contributed by atoms with Gasteiger partial charge in [0.15, 0.2) is 5.65 Å². The summed E-state index contributed by atoms with van der Waals surface area (Å²) in [6.07, 6.45) is 5.68. The first-order chi connectivity index (χ1) is 9.66. The SMILES string of the molecule is CC(C)N(C)CCCCNc1ccc2nccnc2n1. The van der Waals surface area contributed by atoms with Crippen LogP contribution in [-0.2, 0) is 0 Å². The molecule has 0 unspecified atom stereocenters. The number of unbranched alkanes of at least 4 members (excludes halogenated alkanes) is 1. The van der Waals surface area contributed by atoms with Crippen molar-refractivity contribution in [1.82, 2.24) is 19.9 Å². The summed E-state index contributed by atoms with van der Waals surface area (Å²) in [7, 11) is 2.17. The van der Waals surface area contributed by atoms with E-state index in [4.69, 9.17) is 0 Å². The molecule has 2 aromatic rings. The lowest BCUT2D eigenvalue weighted by Gasteiger charge is -2.20. The Morgan fingerprint density at radius 2 is 1.95 bits per heavy atom. The molecule has 0 aliphatic carbocycles. The minimum atomic E-state index is 0.615. The van der Waals surface area contributed by atoms with Crippen LogP contribution in [0.15, 0.2) is 24.5 Å². The van der Waals surface area contributed by atoms with Gasteiger partial charge in [0.1, 0.15) is 11.3 Å². The van der Waals surface area contributed by atoms with Gasteiger partial charge >= 0.3 is 0 Å². The third kappa shape index (κ3) is 4.13. The fraction of sp³-hybridized carbons (Fsp3) is 0.533. The maximum atomic E-state index is 4.44. The van der Waals surface area contributed by atoms with Gasteiger partial charge in [-0.25, -0.2) is 9.97 Å². The fourth-order valence-corrected chi connectivity index (χ4v) is 1.91. The number of hydrogen-bond acceptors (Lipinski definition) is 5. The molecule has 0 aromatic carbocycles. The van der Waals surface area contributed by atoms with Crippen molar-refractivity contribution in [3.63, 3.8) is 0 Å². The summed E-state index contributed by atoms with van der Waals surface area (Å²) in [6, 6.07) is 4.52. The van der Waals surface area contributed by atoms with E-state index in [9.17, 15) is 0 Å². The van der Waals surface area contributed by atoms with Gasteiger partial charge in [0.2, 0.25) is 0 Å². The molecule has 0 aliphatic rings. The molecule has 0 saturated heterocycles. The first-order valence-corrected chi connectivity index (χ1v) is 7.18. The molecule has 0 radical (unpaired) electrons. The molecule has 20 heavy (non-hydrogen) atoms. The number of aromatic nitrogens is 3. The largest absolute Gasteiger partial charge is 0.370 e. The second-order valence-corrected chi connectivity index (χ2v) is 5.30. The van der Waals surface area contributed by atoms with Crippen LogP contribution in [-0.4, -0.2) is 46.0 Å². The van der Waals surface area contributed by atoms with Crippen molar-refractivity contribution >= 4 is 17.0 Å². The Kier molecular flexibility index (Phi) is 5.24. The predicted molar refractivity (Wildman–Crippen MR) is 82.8 cm³/mol. The average molecular weight is 273 g/mol. The van der Waals surface area contributed by atoms with Crippen LogP contribution in [0.4, 0.5) is 5.82 Å². The highest BCUT2D eigenvalue weighted by atomic mass is 15.1. The Labute approximate surface area is 120 Å². The topological polar surface area (TPSA) is 53.9 Å². The summed E-state index contributed by atoms with van der Waals surface area (Å²) >= 11 is 0. The molecule has 5 heteroatoms. The molecule has 0 spiro atoms. The summed E-state index contributed by atoms with van der Waals surface area (Å²) in [5.41, 5.74) is 1.52. The third-order valence-corrected chi connectivity index (χ3v) is 3.46. The number of anilines is 1. The van der Waals surface area contributed by atoms with E-state index >= 15 is 0 Å². The van der Waals surface area contributed by atoms with Crippen molar-refractivity contribution in [1.29, 1.82) is 0 Å². The molecule has 108 valence electrons. The van der Waals surface area contributed by atoms with E-state index in [0.717, 1.165) is 30.8 Å². The van der Waals surface area contributed by atoms with E-state index in [-0.39, 0.29) is 0 Å². The minimum absolute atomic E-state index is 0.615. The highest BCUT2D eigenvalue weighted by Gasteiger charge is 2.02. The first kappa shape index (κ1) is 14.7. The number of hydrogen-bond donors (Lipinski definition) is 1. The molecule has 0 amide bonds. The van der Waals surface area contributed by atoms with Crippen LogP contribution in [0.2, 0.25) is 0 Å². The Hall–Kier alpha value is -1.75. The minimum Gasteiger partial charge on any atom is -0.370 e. The zero-order valence-corrected chi connectivity index (χ0v) is 12.5. The smallest absolute Gasteiger partial charge is 0.180 e. The van der Waals surface area contributed by atoms with Crippen molar-refractivity contribution in [2.45, 2.75) is 32.7 Å². The van der Waals surface area contributed by atoms with Crippen LogP contribution < -0.4 is 5.32 Å². The summed E-state index contributed by atoms with van der Waals surface area (Å²) < 4.78 is 0. The molecule has 0 bridgehead atoms. The molecular formula is C15H23N5. The number of nitrogens with one attached hydrogen (secondary N) is 1. The van der Waals surface area contributed by atoms with E-state index in [0.29, 0.717) is 11.7 Å². The molecule has 2 rings (SSSR count). The number of rotatable bonds is 7. The highest BCUT2D eigenvalue weighted by Crippen LogP contribution is 2.10. The van der Waals surface area contributed by atoms with Crippen molar-refractivity contribution in [2.24, 2.45) is 0 Å². The first-order valence-electron chi connectivity index (χ1n) is 7.18. The molecule has 0 fully saturated rings. The van der Waals surface area contributed by atoms with Gasteiger partial charge in [0.25, 0.3) is 0 Å². The van der Waals surface area contributed by atoms with Crippen molar-refractivity contribution in [2.75, 3.05) is 25.5 Å². The second-order valence-electron chi connectivity index (χ2n) is 5.30. The summed E-state index contributed by atoms with van der Waals surface area (Å²) in [4.78, 5) is 15.2. The fourth-order valence-electron chi connectivity index (χ4n) is 1.91. The maximum absolute atomic E-state index is 4.44. The zero-order valence-electron chi connectivity index (χ0n) is 12.5. The van der Waals surface area contributed by atoms with E-state index in [2.05, 4.69) is 46.1 Å². The second kappa shape index (κ2) is 7.14. The van der Waals surface area contributed by atoms with Gasteiger partial charge in [-0.15, -0.1) is 0 Å². The van der Waals surface area contributed by atoms with Crippen molar-refractivity contribution < 1.29 is 0 Å². The highest BCUT2D eigenvalue weighted by molar-refractivity contribution is 5.71. The van der Waals surface area contributed by atoms with Gasteiger partial charge in [0, 0.05) is 25.0 Å².